The predicted octanol–water partition coefficient (Wildman–Crippen LogP) is 3.72. The molecule has 0 aliphatic heterocycles. The van der Waals surface area contributed by atoms with Crippen molar-refractivity contribution in [1.29, 1.82) is 0 Å². The summed E-state index contributed by atoms with van der Waals surface area (Å²) in [4.78, 5) is 8.95. The molecule has 1 unspecified atom stereocenters. The molecule has 3 rings (SSSR count). The molecule has 168 valence electrons. The highest BCUT2D eigenvalue weighted by atomic mass is 127. The van der Waals surface area contributed by atoms with Gasteiger partial charge < -0.3 is 24.7 Å². The predicted molar refractivity (Wildman–Crippen MR) is 134 cm³/mol. The van der Waals surface area contributed by atoms with Crippen molar-refractivity contribution in [2.45, 2.75) is 46.4 Å². The van der Waals surface area contributed by atoms with E-state index in [4.69, 9.17) is 4.42 Å². The summed E-state index contributed by atoms with van der Waals surface area (Å²) in [5.74, 6) is 2.95. The fourth-order valence-electron chi connectivity index (χ4n) is 3.17. The lowest BCUT2D eigenvalue weighted by atomic mass is 10.0. The highest BCUT2D eigenvalue weighted by Crippen LogP contribution is 2.21. The number of guanidine groups is 1. The van der Waals surface area contributed by atoms with Gasteiger partial charge in [-0.2, -0.15) is 0 Å². The van der Waals surface area contributed by atoms with Crippen LogP contribution in [0, 0.1) is 13.8 Å². The average molecular weight is 537 g/mol. The van der Waals surface area contributed by atoms with E-state index in [9.17, 15) is 5.11 Å². The van der Waals surface area contributed by atoms with Crippen LogP contribution in [0.15, 0.2) is 58.2 Å². The zero-order chi connectivity index (χ0) is 21.6. The molecule has 0 aliphatic rings. The summed E-state index contributed by atoms with van der Waals surface area (Å²) in [6.07, 6.45) is 3.80. The molecule has 1 aromatic carbocycles. The van der Waals surface area contributed by atoms with Gasteiger partial charge in [-0.15, -0.1) is 24.0 Å². The second-order valence-corrected chi connectivity index (χ2v) is 7.66. The van der Waals surface area contributed by atoms with Crippen molar-refractivity contribution in [3.05, 3.63) is 77.3 Å². The maximum Gasteiger partial charge on any atom is 0.191 e. The molecular formula is C23H32IN5O2. The molecule has 1 atom stereocenters. The van der Waals surface area contributed by atoms with Crippen LogP contribution in [0.2, 0.25) is 0 Å². The van der Waals surface area contributed by atoms with Crippen molar-refractivity contribution >= 4 is 29.9 Å². The van der Waals surface area contributed by atoms with E-state index >= 15 is 0 Å². The fourth-order valence-corrected chi connectivity index (χ4v) is 3.17. The molecule has 2 heterocycles. The topological polar surface area (TPSA) is 87.6 Å². The molecule has 0 radical (unpaired) electrons. The molecule has 3 N–H and O–H groups in total. The van der Waals surface area contributed by atoms with Gasteiger partial charge in [-0.1, -0.05) is 24.3 Å². The van der Waals surface area contributed by atoms with Gasteiger partial charge in [-0.05, 0) is 51.0 Å². The molecule has 0 amide bonds. The van der Waals surface area contributed by atoms with Crippen LogP contribution in [0.5, 0.6) is 0 Å². The second-order valence-electron chi connectivity index (χ2n) is 7.66. The molecule has 0 saturated carbocycles. The Balaban J connectivity index is 0.00000341. The fraction of sp³-hybridized carbons (Fsp3) is 0.391. The summed E-state index contributed by atoms with van der Waals surface area (Å²) in [7, 11) is 0. The van der Waals surface area contributed by atoms with E-state index < -0.39 is 5.60 Å². The Morgan fingerprint density at radius 1 is 1.19 bits per heavy atom. The monoisotopic (exact) mass is 537 g/mol. The highest BCUT2D eigenvalue weighted by Gasteiger charge is 2.27. The summed E-state index contributed by atoms with van der Waals surface area (Å²) in [6.45, 7) is 9.94. The van der Waals surface area contributed by atoms with Gasteiger partial charge in [0.2, 0.25) is 0 Å². The molecule has 0 bridgehead atoms. The lowest BCUT2D eigenvalue weighted by Gasteiger charge is -2.22. The van der Waals surface area contributed by atoms with E-state index in [0.29, 0.717) is 18.3 Å². The van der Waals surface area contributed by atoms with Gasteiger partial charge in [0.25, 0.3) is 0 Å². The first-order valence-corrected chi connectivity index (χ1v) is 10.2. The first-order valence-electron chi connectivity index (χ1n) is 10.2. The average Bonchev–Trinajstić information content (AvgIpc) is 3.33. The Kier molecular flexibility index (Phi) is 9.12. The van der Waals surface area contributed by atoms with Gasteiger partial charge in [-0.25, -0.2) is 9.98 Å². The van der Waals surface area contributed by atoms with Crippen LogP contribution < -0.4 is 10.6 Å². The van der Waals surface area contributed by atoms with Gasteiger partial charge >= 0.3 is 0 Å². The third-order valence-electron chi connectivity index (χ3n) is 4.90. The first-order chi connectivity index (χ1) is 14.4. The van der Waals surface area contributed by atoms with Gasteiger partial charge in [-0.3, -0.25) is 0 Å². The maximum atomic E-state index is 10.7. The molecule has 2 aromatic heterocycles. The minimum absolute atomic E-state index is 0. The summed E-state index contributed by atoms with van der Waals surface area (Å²) in [5.41, 5.74) is 1.20. The highest BCUT2D eigenvalue weighted by molar-refractivity contribution is 14.0. The van der Waals surface area contributed by atoms with Crippen LogP contribution in [0.1, 0.15) is 42.3 Å². The van der Waals surface area contributed by atoms with Crippen molar-refractivity contribution < 1.29 is 9.52 Å². The Labute approximate surface area is 201 Å². The number of halogens is 1. The third-order valence-corrected chi connectivity index (χ3v) is 4.90. The summed E-state index contributed by atoms with van der Waals surface area (Å²) < 4.78 is 7.70. The van der Waals surface area contributed by atoms with E-state index in [1.807, 2.05) is 39.2 Å². The Bertz CT molecular complexity index is 993. The van der Waals surface area contributed by atoms with Crippen LogP contribution in [-0.4, -0.2) is 33.7 Å². The number of hydrogen-bond acceptors (Lipinski definition) is 4. The van der Waals surface area contributed by atoms with Crippen molar-refractivity contribution in [2.75, 3.05) is 13.1 Å². The molecule has 0 saturated heterocycles. The summed E-state index contributed by atoms with van der Waals surface area (Å²) >= 11 is 0. The Hall–Kier alpha value is -2.33. The van der Waals surface area contributed by atoms with Crippen LogP contribution in [0.3, 0.4) is 0 Å². The smallest absolute Gasteiger partial charge is 0.191 e. The summed E-state index contributed by atoms with van der Waals surface area (Å²) in [6, 6.07) is 12.0. The number of nitrogens with one attached hydrogen (secondary N) is 2. The van der Waals surface area contributed by atoms with E-state index in [-0.39, 0.29) is 30.5 Å². The van der Waals surface area contributed by atoms with E-state index in [0.717, 1.165) is 30.2 Å². The molecule has 7 nitrogen and oxygen atoms in total. The number of rotatable bonds is 8. The molecule has 31 heavy (non-hydrogen) atoms. The molecule has 8 heteroatoms. The molecule has 0 aliphatic carbocycles. The van der Waals surface area contributed by atoms with E-state index in [1.165, 1.54) is 5.56 Å². The number of nitrogens with zero attached hydrogens (tertiary/aromatic N) is 3. The number of furan rings is 1. The van der Waals surface area contributed by atoms with Crippen LogP contribution in [0.4, 0.5) is 0 Å². The van der Waals surface area contributed by atoms with Crippen LogP contribution >= 0.6 is 24.0 Å². The molecule has 3 aromatic rings. The van der Waals surface area contributed by atoms with Crippen molar-refractivity contribution in [1.82, 2.24) is 20.2 Å². The first kappa shape index (κ1) is 24.9. The Morgan fingerprint density at radius 3 is 2.61 bits per heavy atom. The third kappa shape index (κ3) is 7.10. The number of aliphatic imine (C=N–C) groups is 1. The zero-order valence-corrected chi connectivity index (χ0v) is 20.9. The summed E-state index contributed by atoms with van der Waals surface area (Å²) in [5, 5.41) is 17.2. The normalized spacial score (nSPS) is 13.4. The van der Waals surface area contributed by atoms with Gasteiger partial charge in [0.1, 0.15) is 22.9 Å². The molecular weight excluding hydrogens is 505 g/mol. The van der Waals surface area contributed by atoms with E-state index in [2.05, 4.69) is 49.4 Å². The Morgan fingerprint density at radius 2 is 1.97 bits per heavy atom. The lowest BCUT2D eigenvalue weighted by molar-refractivity contribution is 0.0378. The van der Waals surface area contributed by atoms with Crippen molar-refractivity contribution in [2.24, 2.45) is 4.99 Å². The van der Waals surface area contributed by atoms with Crippen molar-refractivity contribution in [3.63, 3.8) is 0 Å². The molecule has 0 spiro atoms. The number of aromatic nitrogens is 2. The van der Waals surface area contributed by atoms with E-state index in [1.54, 1.807) is 13.0 Å². The lowest BCUT2D eigenvalue weighted by Crippen LogP contribution is -2.44. The van der Waals surface area contributed by atoms with Gasteiger partial charge in [0.05, 0.1) is 13.1 Å². The largest absolute Gasteiger partial charge is 0.463 e. The number of imidazole rings is 1. The van der Waals surface area contributed by atoms with Gasteiger partial charge in [0, 0.05) is 25.5 Å². The van der Waals surface area contributed by atoms with Crippen LogP contribution in [-0.2, 0) is 18.7 Å². The number of aliphatic hydroxyl groups is 1. The van der Waals surface area contributed by atoms with Gasteiger partial charge in [0.15, 0.2) is 5.96 Å². The number of hydrogen-bond donors (Lipinski definition) is 3. The molecule has 0 fully saturated rings. The SMILES string of the molecule is CCNC(=NCc1cccc(Cn2ccnc2C)c1)NCC(C)(O)c1ccc(C)o1.I. The minimum atomic E-state index is -1.13. The standard InChI is InChI=1S/C23H31N5O2.HI/c1-5-24-22(27-16-23(4,29)21-10-9-17(2)30-21)26-14-19-7-6-8-20(13-19)15-28-12-11-25-18(28)3;/h6-13,29H,5,14-16H2,1-4H3,(H2,24,26,27);1H. The van der Waals surface area contributed by atoms with Crippen LogP contribution in [0.25, 0.3) is 0 Å². The number of benzene rings is 1. The maximum absolute atomic E-state index is 10.7. The zero-order valence-electron chi connectivity index (χ0n) is 18.6. The minimum Gasteiger partial charge on any atom is -0.463 e. The second kappa shape index (κ2) is 11.3. The van der Waals surface area contributed by atoms with Crippen molar-refractivity contribution in [3.8, 4) is 0 Å². The quantitative estimate of drug-likeness (QED) is 0.232. The number of aryl methyl sites for hydroxylation is 2.